The highest BCUT2D eigenvalue weighted by Crippen LogP contribution is 2.22. The van der Waals surface area contributed by atoms with Crippen molar-refractivity contribution in [3.8, 4) is 5.75 Å². The fraction of sp³-hybridized carbons (Fsp3) is 0.0667. The second-order valence-electron chi connectivity index (χ2n) is 4.51. The molecule has 21 heavy (non-hydrogen) atoms. The number of carbonyl (C=O) groups is 2. The maximum Gasteiger partial charge on any atom is 0.339 e. The Morgan fingerprint density at radius 3 is 2.43 bits per heavy atom. The van der Waals surface area contributed by atoms with E-state index in [1.54, 1.807) is 6.92 Å². The molecule has 0 bridgehead atoms. The topological polar surface area (TPSA) is 86.6 Å². The van der Waals surface area contributed by atoms with Gasteiger partial charge < -0.3 is 15.5 Å². The number of hydrogen-bond donors (Lipinski definition) is 3. The number of aromatic carboxylic acids is 1. The van der Waals surface area contributed by atoms with Crippen molar-refractivity contribution in [3.05, 3.63) is 58.9 Å². The van der Waals surface area contributed by atoms with Gasteiger partial charge >= 0.3 is 5.97 Å². The summed E-state index contributed by atoms with van der Waals surface area (Å²) in [5, 5.41) is 20.8. The molecule has 108 valence electrons. The zero-order valence-electron chi connectivity index (χ0n) is 11.1. The molecule has 0 radical (unpaired) electrons. The molecule has 1 amide bonds. The molecule has 6 heteroatoms. The number of aryl methyl sites for hydroxylation is 1. The van der Waals surface area contributed by atoms with Gasteiger partial charge in [-0.25, -0.2) is 9.18 Å². The predicted octanol–water partition coefficient (Wildman–Crippen LogP) is 2.79. The zero-order valence-corrected chi connectivity index (χ0v) is 11.1. The quantitative estimate of drug-likeness (QED) is 0.811. The normalized spacial score (nSPS) is 10.2. The molecule has 0 unspecified atom stereocenters. The van der Waals surface area contributed by atoms with Crippen LogP contribution in [0.15, 0.2) is 36.4 Å². The molecular weight excluding hydrogens is 277 g/mol. The van der Waals surface area contributed by atoms with Crippen molar-refractivity contribution in [2.45, 2.75) is 6.92 Å². The van der Waals surface area contributed by atoms with Crippen molar-refractivity contribution in [1.82, 2.24) is 0 Å². The summed E-state index contributed by atoms with van der Waals surface area (Å²) in [6, 6.07) is 7.53. The molecule has 2 aromatic carbocycles. The van der Waals surface area contributed by atoms with E-state index in [0.717, 1.165) is 12.1 Å². The van der Waals surface area contributed by atoms with Gasteiger partial charge in [-0.2, -0.15) is 0 Å². The van der Waals surface area contributed by atoms with E-state index >= 15 is 0 Å². The molecule has 3 N–H and O–H groups in total. The van der Waals surface area contributed by atoms with Crippen LogP contribution in [0.3, 0.4) is 0 Å². The molecule has 0 aliphatic carbocycles. The smallest absolute Gasteiger partial charge is 0.339 e. The average molecular weight is 289 g/mol. The van der Waals surface area contributed by atoms with E-state index in [9.17, 15) is 19.1 Å². The van der Waals surface area contributed by atoms with Gasteiger partial charge in [0, 0.05) is 17.3 Å². The summed E-state index contributed by atoms with van der Waals surface area (Å²) in [7, 11) is 0. The second-order valence-corrected chi connectivity index (χ2v) is 4.51. The Labute approximate surface area is 119 Å². The number of aromatic hydroxyl groups is 1. The first-order chi connectivity index (χ1) is 9.86. The number of hydrogen-bond acceptors (Lipinski definition) is 3. The van der Waals surface area contributed by atoms with E-state index in [2.05, 4.69) is 5.32 Å². The first kappa shape index (κ1) is 14.5. The molecule has 0 aliphatic rings. The van der Waals surface area contributed by atoms with Gasteiger partial charge in [0.1, 0.15) is 17.1 Å². The summed E-state index contributed by atoms with van der Waals surface area (Å²) in [5.74, 6) is -2.81. The van der Waals surface area contributed by atoms with E-state index in [4.69, 9.17) is 5.11 Å². The number of benzene rings is 2. The van der Waals surface area contributed by atoms with Gasteiger partial charge in [-0.1, -0.05) is 0 Å². The van der Waals surface area contributed by atoms with Gasteiger partial charge in [0.05, 0.1) is 0 Å². The molecule has 0 saturated heterocycles. The summed E-state index contributed by atoms with van der Waals surface area (Å²) in [5.41, 5.74) is 0.678. The van der Waals surface area contributed by atoms with Crippen molar-refractivity contribution >= 4 is 17.6 Å². The van der Waals surface area contributed by atoms with Gasteiger partial charge in [0.2, 0.25) is 0 Å². The maximum atomic E-state index is 13.2. The number of carbonyl (C=O) groups excluding carboxylic acids is 1. The molecule has 5 nitrogen and oxygen atoms in total. The predicted molar refractivity (Wildman–Crippen MR) is 74.2 cm³/mol. The van der Waals surface area contributed by atoms with Gasteiger partial charge in [-0.15, -0.1) is 0 Å². The third kappa shape index (κ3) is 3.36. The van der Waals surface area contributed by atoms with Crippen LogP contribution >= 0.6 is 0 Å². The summed E-state index contributed by atoms with van der Waals surface area (Å²) >= 11 is 0. The Hall–Kier alpha value is -2.89. The van der Waals surface area contributed by atoms with E-state index in [-0.39, 0.29) is 16.8 Å². The first-order valence-electron chi connectivity index (χ1n) is 6.01. The summed E-state index contributed by atoms with van der Waals surface area (Å²) in [4.78, 5) is 22.7. The van der Waals surface area contributed by atoms with Gasteiger partial charge in [0.25, 0.3) is 5.91 Å². The maximum absolute atomic E-state index is 13.2. The number of rotatable bonds is 3. The monoisotopic (exact) mass is 289 g/mol. The van der Waals surface area contributed by atoms with Crippen LogP contribution in [0.5, 0.6) is 5.75 Å². The lowest BCUT2D eigenvalue weighted by molar-refractivity contribution is 0.0693. The molecule has 2 aromatic rings. The zero-order chi connectivity index (χ0) is 15.6. The van der Waals surface area contributed by atoms with Gasteiger partial charge in [-0.05, 0) is 42.8 Å². The van der Waals surface area contributed by atoms with Crippen molar-refractivity contribution in [3.63, 3.8) is 0 Å². The Kier molecular flexibility index (Phi) is 3.89. The van der Waals surface area contributed by atoms with Gasteiger partial charge in [0.15, 0.2) is 0 Å². The molecule has 0 aliphatic heterocycles. The van der Waals surface area contributed by atoms with Crippen LogP contribution in [-0.4, -0.2) is 22.1 Å². The second kappa shape index (κ2) is 5.62. The number of carboxylic acid groups (broad SMARTS) is 1. The first-order valence-corrected chi connectivity index (χ1v) is 6.01. The summed E-state index contributed by atoms with van der Waals surface area (Å²) < 4.78 is 13.2. The molecule has 0 saturated carbocycles. The largest absolute Gasteiger partial charge is 0.507 e. The number of carboxylic acids is 1. The fourth-order valence-electron chi connectivity index (χ4n) is 1.86. The van der Waals surface area contributed by atoms with Crippen LogP contribution in [0.1, 0.15) is 26.3 Å². The lowest BCUT2D eigenvalue weighted by Gasteiger charge is -2.08. The Morgan fingerprint density at radius 1 is 1.14 bits per heavy atom. The number of halogens is 1. The molecule has 2 rings (SSSR count). The number of anilines is 1. The van der Waals surface area contributed by atoms with Crippen molar-refractivity contribution < 1.29 is 24.2 Å². The van der Waals surface area contributed by atoms with Crippen molar-refractivity contribution in [2.24, 2.45) is 0 Å². The lowest BCUT2D eigenvalue weighted by Crippen LogP contribution is -2.12. The van der Waals surface area contributed by atoms with E-state index in [1.165, 1.54) is 24.3 Å². The minimum atomic E-state index is -1.27. The Morgan fingerprint density at radius 2 is 1.86 bits per heavy atom. The third-order valence-electron chi connectivity index (χ3n) is 2.79. The molecule has 0 heterocycles. The van der Waals surface area contributed by atoms with Gasteiger partial charge in [-0.3, -0.25) is 4.79 Å². The molecule has 0 fully saturated rings. The van der Waals surface area contributed by atoms with Crippen molar-refractivity contribution in [1.29, 1.82) is 0 Å². The van der Waals surface area contributed by atoms with Crippen LogP contribution in [0.2, 0.25) is 0 Å². The highest BCUT2D eigenvalue weighted by molar-refractivity contribution is 6.04. The molecular formula is C15H12FNO4. The Bertz CT molecular complexity index is 707. The number of phenols is 1. The van der Waals surface area contributed by atoms with Crippen LogP contribution < -0.4 is 5.32 Å². The minimum absolute atomic E-state index is 0.134. The van der Waals surface area contributed by atoms with Crippen LogP contribution in [0.25, 0.3) is 0 Å². The summed E-state index contributed by atoms with van der Waals surface area (Å²) in [6.07, 6.45) is 0. The third-order valence-corrected chi connectivity index (χ3v) is 2.79. The highest BCUT2D eigenvalue weighted by atomic mass is 19.1. The molecule has 0 atom stereocenters. The average Bonchev–Trinajstić information content (AvgIpc) is 2.37. The SMILES string of the molecule is Cc1cc(F)cc(C(=O)Nc2ccc(C(=O)O)c(O)c2)c1. The van der Waals surface area contributed by atoms with E-state index in [1.807, 2.05) is 0 Å². The highest BCUT2D eigenvalue weighted by Gasteiger charge is 2.12. The Balaban J connectivity index is 2.23. The van der Waals surface area contributed by atoms with Crippen LogP contribution in [-0.2, 0) is 0 Å². The van der Waals surface area contributed by atoms with Crippen LogP contribution in [0.4, 0.5) is 10.1 Å². The summed E-state index contributed by atoms with van der Waals surface area (Å²) in [6.45, 7) is 1.66. The number of amides is 1. The number of nitrogens with one attached hydrogen (secondary N) is 1. The fourth-order valence-corrected chi connectivity index (χ4v) is 1.86. The van der Waals surface area contributed by atoms with Crippen molar-refractivity contribution in [2.75, 3.05) is 5.32 Å². The van der Waals surface area contributed by atoms with E-state index in [0.29, 0.717) is 5.56 Å². The van der Waals surface area contributed by atoms with Crippen LogP contribution in [0, 0.1) is 12.7 Å². The standard InChI is InChI=1S/C15H12FNO4/c1-8-4-9(6-10(16)5-8)14(19)17-11-2-3-12(15(20)21)13(18)7-11/h2-7,18H,1H3,(H,17,19)(H,20,21). The molecule has 0 spiro atoms. The molecule has 0 aromatic heterocycles. The van der Waals surface area contributed by atoms with E-state index < -0.39 is 23.4 Å². The lowest BCUT2D eigenvalue weighted by atomic mass is 10.1. The minimum Gasteiger partial charge on any atom is -0.507 e.